The van der Waals surface area contributed by atoms with Crippen LogP contribution in [0, 0.1) is 12.8 Å². The van der Waals surface area contributed by atoms with E-state index in [1.807, 2.05) is 13.0 Å². The second-order valence-corrected chi connectivity index (χ2v) is 10.3. The molecule has 2 fully saturated rings. The summed E-state index contributed by atoms with van der Waals surface area (Å²) in [4.78, 5) is 31.6. The van der Waals surface area contributed by atoms with Gasteiger partial charge in [-0.3, -0.25) is 9.59 Å². The largest absolute Gasteiger partial charge is 0.385 e. The summed E-state index contributed by atoms with van der Waals surface area (Å²) in [5, 5.41) is 3.47. The third-order valence-electron chi connectivity index (χ3n) is 8.05. The average molecular weight is 464 g/mol. The zero-order chi connectivity index (χ0) is 23.7. The summed E-state index contributed by atoms with van der Waals surface area (Å²) in [6, 6.07) is 9.40. The number of rotatable bonds is 8. The van der Waals surface area contributed by atoms with Crippen molar-refractivity contribution in [3.63, 3.8) is 0 Å². The lowest BCUT2D eigenvalue weighted by Gasteiger charge is -2.38. The molecule has 1 aromatic heterocycles. The van der Waals surface area contributed by atoms with E-state index >= 15 is 0 Å². The zero-order valence-corrected chi connectivity index (χ0v) is 20.4. The molecule has 6 nitrogen and oxygen atoms in total. The first kappa shape index (κ1) is 23.3. The van der Waals surface area contributed by atoms with Crippen LogP contribution in [0.3, 0.4) is 0 Å². The highest BCUT2D eigenvalue weighted by atomic mass is 16.5. The van der Waals surface area contributed by atoms with Gasteiger partial charge >= 0.3 is 0 Å². The first-order valence-electron chi connectivity index (χ1n) is 12.9. The molecule has 2 aromatic rings. The van der Waals surface area contributed by atoms with Crippen LogP contribution in [0.2, 0.25) is 0 Å². The molecule has 5 rings (SSSR count). The molecule has 182 valence electrons. The number of hydrogen-bond donors (Lipinski definition) is 2. The molecule has 1 unspecified atom stereocenters. The molecule has 3 atom stereocenters. The van der Waals surface area contributed by atoms with Gasteiger partial charge in [0, 0.05) is 38.1 Å². The third kappa shape index (κ3) is 4.58. The summed E-state index contributed by atoms with van der Waals surface area (Å²) < 4.78 is 5.24. The van der Waals surface area contributed by atoms with Gasteiger partial charge in [-0.05, 0) is 92.7 Å². The molecule has 6 heteroatoms. The van der Waals surface area contributed by atoms with Crippen molar-refractivity contribution < 1.29 is 9.53 Å². The Morgan fingerprint density at radius 1 is 1.15 bits per heavy atom. The number of nitrogens with one attached hydrogen (secondary N) is 2. The Kier molecular flexibility index (Phi) is 6.89. The minimum atomic E-state index is -0.135. The van der Waals surface area contributed by atoms with Crippen LogP contribution in [0.5, 0.6) is 0 Å². The van der Waals surface area contributed by atoms with Gasteiger partial charge in [0.15, 0.2) is 0 Å². The van der Waals surface area contributed by atoms with Gasteiger partial charge in [0.25, 0.3) is 5.56 Å². The molecular formula is C28H37N3O3. The SMILES string of the molecule is COCCCc1ccc2c(c1)C(N(C(=O)[C@H]1CNCC[C@@H]1c1cc[nH]c(=O)c1C)C1CC1)CC2. The van der Waals surface area contributed by atoms with Crippen molar-refractivity contribution in [1.82, 2.24) is 15.2 Å². The van der Waals surface area contributed by atoms with Crippen molar-refractivity contribution in [2.75, 3.05) is 26.8 Å². The van der Waals surface area contributed by atoms with Gasteiger partial charge in [0.2, 0.25) is 5.91 Å². The molecule has 2 heterocycles. The fourth-order valence-electron chi connectivity index (χ4n) is 6.09. The minimum absolute atomic E-state index is 0.0491. The van der Waals surface area contributed by atoms with Crippen molar-refractivity contribution in [2.24, 2.45) is 5.92 Å². The molecule has 1 amide bonds. The highest BCUT2D eigenvalue weighted by molar-refractivity contribution is 5.82. The standard InChI is InChI=1S/C28H37N3O3/c1-18-22(12-14-30-27(18)32)23-11-13-29-17-25(23)28(33)31(21-8-9-21)26-10-7-20-6-5-19(16-24(20)26)4-3-15-34-2/h5-6,12,14,16,21,23,25-26,29H,3-4,7-11,13,15,17H2,1-2H3,(H,30,32)/t23-,25+,26?/m1/s1. The number of nitrogens with zero attached hydrogens (tertiary/aromatic N) is 1. The number of aromatic amines is 1. The summed E-state index contributed by atoms with van der Waals surface area (Å²) in [6.45, 7) is 4.20. The van der Waals surface area contributed by atoms with Crippen molar-refractivity contribution in [1.29, 1.82) is 0 Å². The lowest BCUT2D eigenvalue weighted by molar-refractivity contribution is -0.140. The van der Waals surface area contributed by atoms with Crippen molar-refractivity contribution in [3.05, 3.63) is 68.6 Å². The number of pyridine rings is 1. The third-order valence-corrected chi connectivity index (χ3v) is 8.05. The quantitative estimate of drug-likeness (QED) is 0.587. The smallest absolute Gasteiger partial charge is 0.251 e. The Balaban J connectivity index is 1.43. The molecule has 1 aromatic carbocycles. The van der Waals surface area contributed by atoms with E-state index in [-0.39, 0.29) is 29.3 Å². The fraction of sp³-hybridized carbons (Fsp3) is 0.571. The Bertz CT molecular complexity index is 1090. The van der Waals surface area contributed by atoms with Crippen molar-refractivity contribution >= 4 is 5.91 Å². The maximum absolute atomic E-state index is 14.2. The van der Waals surface area contributed by atoms with Gasteiger partial charge in [0.1, 0.15) is 0 Å². The van der Waals surface area contributed by atoms with Gasteiger partial charge in [-0.1, -0.05) is 18.2 Å². The molecule has 2 aliphatic carbocycles. The zero-order valence-electron chi connectivity index (χ0n) is 20.4. The van der Waals surface area contributed by atoms with E-state index < -0.39 is 0 Å². The van der Waals surface area contributed by atoms with Crippen LogP contribution in [0.4, 0.5) is 0 Å². The summed E-state index contributed by atoms with van der Waals surface area (Å²) >= 11 is 0. The Hall–Kier alpha value is -2.44. The number of H-pyrrole nitrogens is 1. The number of aromatic nitrogens is 1. The van der Waals surface area contributed by atoms with Gasteiger partial charge < -0.3 is 19.9 Å². The normalized spacial score (nSPS) is 24.1. The first-order chi connectivity index (χ1) is 16.6. The molecule has 1 aliphatic heterocycles. The Morgan fingerprint density at radius 2 is 2.00 bits per heavy atom. The van der Waals surface area contributed by atoms with Crippen molar-refractivity contribution in [3.8, 4) is 0 Å². The summed E-state index contributed by atoms with van der Waals surface area (Å²) in [5.41, 5.74) is 5.81. The van der Waals surface area contributed by atoms with Gasteiger partial charge in [-0.15, -0.1) is 0 Å². The predicted molar refractivity (Wildman–Crippen MR) is 133 cm³/mol. The number of aryl methyl sites for hydroxylation is 2. The molecule has 1 saturated carbocycles. The Morgan fingerprint density at radius 3 is 2.79 bits per heavy atom. The molecule has 1 saturated heterocycles. The lowest BCUT2D eigenvalue weighted by atomic mass is 9.79. The number of benzene rings is 1. The first-order valence-corrected chi connectivity index (χ1v) is 12.9. The highest BCUT2D eigenvalue weighted by Gasteiger charge is 2.45. The molecule has 34 heavy (non-hydrogen) atoms. The van der Waals surface area contributed by atoms with E-state index in [1.54, 1.807) is 13.3 Å². The van der Waals surface area contributed by atoms with Crippen LogP contribution in [0.1, 0.15) is 71.9 Å². The molecule has 3 aliphatic rings. The monoisotopic (exact) mass is 463 g/mol. The number of fused-ring (bicyclic) bond motifs is 1. The van der Waals surface area contributed by atoms with E-state index in [4.69, 9.17) is 4.74 Å². The highest BCUT2D eigenvalue weighted by Crippen LogP contribution is 2.44. The fourth-order valence-corrected chi connectivity index (χ4v) is 6.09. The average Bonchev–Trinajstić information content (AvgIpc) is 3.61. The summed E-state index contributed by atoms with van der Waals surface area (Å²) in [5.74, 6) is 0.212. The molecule has 0 bridgehead atoms. The lowest BCUT2D eigenvalue weighted by Crippen LogP contribution is -2.48. The maximum Gasteiger partial charge on any atom is 0.251 e. The van der Waals surface area contributed by atoms with Crippen LogP contribution < -0.4 is 10.9 Å². The van der Waals surface area contributed by atoms with Crippen molar-refractivity contribution in [2.45, 2.75) is 69.9 Å². The second kappa shape index (κ2) is 10.0. The van der Waals surface area contributed by atoms with E-state index in [0.29, 0.717) is 12.6 Å². The van der Waals surface area contributed by atoms with Crippen LogP contribution in [0.15, 0.2) is 35.3 Å². The van der Waals surface area contributed by atoms with E-state index in [1.165, 1.54) is 16.7 Å². The number of amides is 1. The Labute approximate surface area is 202 Å². The van der Waals surface area contributed by atoms with E-state index in [0.717, 1.165) is 69.2 Å². The second-order valence-electron chi connectivity index (χ2n) is 10.3. The number of carbonyl (C=O) groups excluding carboxylic acids is 1. The summed E-state index contributed by atoms with van der Waals surface area (Å²) in [6.07, 6.45) is 8.86. The number of hydrogen-bond acceptors (Lipinski definition) is 4. The van der Waals surface area contributed by atoms with Gasteiger partial charge in [-0.2, -0.15) is 0 Å². The molecule has 0 spiro atoms. The number of methoxy groups -OCH3 is 1. The summed E-state index contributed by atoms with van der Waals surface area (Å²) in [7, 11) is 1.75. The van der Waals surface area contributed by atoms with Crippen LogP contribution in [-0.4, -0.2) is 48.6 Å². The number of carbonyl (C=O) groups is 1. The minimum Gasteiger partial charge on any atom is -0.385 e. The van der Waals surface area contributed by atoms with E-state index in [2.05, 4.69) is 33.4 Å². The van der Waals surface area contributed by atoms with Crippen LogP contribution >= 0.6 is 0 Å². The molecular weight excluding hydrogens is 426 g/mol. The predicted octanol–water partition coefficient (Wildman–Crippen LogP) is 3.63. The topological polar surface area (TPSA) is 74.4 Å². The van der Waals surface area contributed by atoms with Gasteiger partial charge in [-0.25, -0.2) is 0 Å². The van der Waals surface area contributed by atoms with Crippen LogP contribution in [-0.2, 0) is 22.4 Å². The number of ether oxygens (including phenoxy) is 1. The molecule has 0 radical (unpaired) electrons. The maximum atomic E-state index is 14.2. The van der Waals surface area contributed by atoms with E-state index in [9.17, 15) is 9.59 Å². The van der Waals surface area contributed by atoms with Gasteiger partial charge in [0.05, 0.1) is 12.0 Å². The number of piperidine rings is 1. The molecule has 2 N–H and O–H groups in total. The van der Waals surface area contributed by atoms with Crippen LogP contribution in [0.25, 0.3) is 0 Å².